The number of hydrogen-bond acceptors (Lipinski definition) is 4. The van der Waals surface area contributed by atoms with E-state index in [0.717, 1.165) is 5.56 Å². The number of carbonyl (C=O) groups is 3. The number of benzene rings is 1. The smallest absolute Gasteiger partial charge is 0.337 e. The van der Waals surface area contributed by atoms with Gasteiger partial charge in [0.25, 0.3) is 0 Å². The SMILES string of the molecule is COC(=O)c1ccc(CNC(=O)C2CC(=O)N(C(C)(C)C)C2)cc1. The van der Waals surface area contributed by atoms with Gasteiger partial charge in [-0.3, -0.25) is 9.59 Å². The highest BCUT2D eigenvalue weighted by Gasteiger charge is 2.39. The molecule has 1 atom stereocenters. The Morgan fingerprint density at radius 3 is 2.38 bits per heavy atom. The second kappa shape index (κ2) is 7.03. The maximum absolute atomic E-state index is 12.3. The summed E-state index contributed by atoms with van der Waals surface area (Å²) in [5, 5.41) is 2.86. The minimum Gasteiger partial charge on any atom is -0.465 e. The third-order valence-corrected chi connectivity index (χ3v) is 4.15. The molecule has 130 valence electrons. The van der Waals surface area contributed by atoms with Gasteiger partial charge in [0.1, 0.15) is 0 Å². The van der Waals surface area contributed by atoms with E-state index in [1.54, 1.807) is 29.2 Å². The first kappa shape index (κ1) is 18.0. The summed E-state index contributed by atoms with van der Waals surface area (Å²) >= 11 is 0. The molecule has 0 bridgehead atoms. The Morgan fingerprint density at radius 1 is 1.25 bits per heavy atom. The van der Waals surface area contributed by atoms with Crippen molar-refractivity contribution in [1.82, 2.24) is 10.2 Å². The molecule has 2 amide bonds. The average molecular weight is 332 g/mol. The number of rotatable bonds is 4. The Morgan fingerprint density at radius 2 is 1.88 bits per heavy atom. The molecule has 1 heterocycles. The lowest BCUT2D eigenvalue weighted by molar-refractivity contribution is -0.132. The highest BCUT2D eigenvalue weighted by Crippen LogP contribution is 2.25. The van der Waals surface area contributed by atoms with Gasteiger partial charge in [-0.15, -0.1) is 0 Å². The molecular formula is C18H24N2O4. The Balaban J connectivity index is 1.90. The van der Waals surface area contributed by atoms with Crippen molar-refractivity contribution >= 4 is 17.8 Å². The van der Waals surface area contributed by atoms with Crippen LogP contribution in [0.4, 0.5) is 0 Å². The largest absolute Gasteiger partial charge is 0.465 e. The molecule has 0 aromatic heterocycles. The first-order chi connectivity index (χ1) is 11.2. The normalized spacial score (nSPS) is 17.8. The van der Waals surface area contributed by atoms with Crippen molar-refractivity contribution in [1.29, 1.82) is 0 Å². The zero-order valence-electron chi connectivity index (χ0n) is 14.6. The Bertz CT molecular complexity index is 631. The van der Waals surface area contributed by atoms with Crippen molar-refractivity contribution in [3.8, 4) is 0 Å². The molecule has 0 saturated carbocycles. The van der Waals surface area contributed by atoms with Crippen LogP contribution in [0.25, 0.3) is 0 Å². The number of methoxy groups -OCH3 is 1. The summed E-state index contributed by atoms with van der Waals surface area (Å²) in [6, 6.07) is 6.86. The third kappa shape index (κ3) is 4.13. The van der Waals surface area contributed by atoms with E-state index in [9.17, 15) is 14.4 Å². The van der Waals surface area contributed by atoms with Gasteiger partial charge in [0, 0.05) is 25.0 Å². The van der Waals surface area contributed by atoms with E-state index in [1.807, 2.05) is 20.8 Å². The summed E-state index contributed by atoms with van der Waals surface area (Å²) < 4.78 is 4.64. The zero-order chi connectivity index (χ0) is 17.9. The van der Waals surface area contributed by atoms with E-state index in [4.69, 9.17) is 0 Å². The van der Waals surface area contributed by atoms with Crippen LogP contribution in [0.2, 0.25) is 0 Å². The molecule has 1 aliphatic heterocycles. The molecule has 2 rings (SSSR count). The topological polar surface area (TPSA) is 75.7 Å². The van der Waals surface area contributed by atoms with E-state index in [2.05, 4.69) is 10.1 Å². The number of carbonyl (C=O) groups excluding carboxylic acids is 3. The standard InChI is InChI=1S/C18H24N2O4/c1-18(2,3)20-11-14(9-15(20)21)16(22)19-10-12-5-7-13(8-6-12)17(23)24-4/h5-8,14H,9-11H2,1-4H3,(H,19,22). The van der Waals surface area contributed by atoms with E-state index < -0.39 is 5.97 Å². The van der Waals surface area contributed by atoms with Crippen molar-refractivity contribution in [3.63, 3.8) is 0 Å². The van der Waals surface area contributed by atoms with Crippen molar-refractivity contribution in [2.24, 2.45) is 5.92 Å². The first-order valence-electron chi connectivity index (χ1n) is 7.98. The fourth-order valence-electron chi connectivity index (χ4n) is 2.74. The van der Waals surface area contributed by atoms with Crippen LogP contribution in [0, 0.1) is 5.92 Å². The zero-order valence-corrected chi connectivity index (χ0v) is 14.6. The summed E-state index contributed by atoms with van der Waals surface area (Å²) in [4.78, 5) is 37.5. The van der Waals surface area contributed by atoms with Gasteiger partial charge in [-0.05, 0) is 38.5 Å². The lowest BCUT2D eigenvalue weighted by atomic mass is 10.1. The van der Waals surface area contributed by atoms with Crippen molar-refractivity contribution < 1.29 is 19.1 Å². The fraction of sp³-hybridized carbons (Fsp3) is 0.500. The molecule has 6 heteroatoms. The number of nitrogens with zero attached hydrogens (tertiary/aromatic N) is 1. The van der Waals surface area contributed by atoms with Gasteiger partial charge in [-0.2, -0.15) is 0 Å². The van der Waals surface area contributed by atoms with Gasteiger partial charge in [0.05, 0.1) is 18.6 Å². The predicted molar refractivity (Wildman–Crippen MR) is 89.2 cm³/mol. The Kier molecular flexibility index (Phi) is 5.26. The lowest BCUT2D eigenvalue weighted by Crippen LogP contribution is -2.43. The summed E-state index contributed by atoms with van der Waals surface area (Å²) in [5.41, 5.74) is 1.08. The van der Waals surface area contributed by atoms with Gasteiger partial charge in [-0.25, -0.2) is 4.79 Å². The lowest BCUT2D eigenvalue weighted by Gasteiger charge is -2.31. The number of hydrogen-bond donors (Lipinski definition) is 1. The number of nitrogens with one attached hydrogen (secondary N) is 1. The molecule has 6 nitrogen and oxygen atoms in total. The molecule has 0 radical (unpaired) electrons. The second-order valence-corrected chi connectivity index (χ2v) is 6.98. The van der Waals surface area contributed by atoms with Gasteiger partial charge in [-0.1, -0.05) is 12.1 Å². The minimum absolute atomic E-state index is 0.0186. The van der Waals surface area contributed by atoms with Crippen molar-refractivity contribution in [3.05, 3.63) is 35.4 Å². The quantitative estimate of drug-likeness (QED) is 0.852. The van der Waals surface area contributed by atoms with E-state index in [0.29, 0.717) is 18.7 Å². The minimum atomic E-state index is -0.391. The number of ether oxygens (including phenoxy) is 1. The summed E-state index contributed by atoms with van der Waals surface area (Å²) in [5.74, 6) is -0.805. The molecular weight excluding hydrogens is 308 g/mol. The van der Waals surface area contributed by atoms with Crippen LogP contribution < -0.4 is 5.32 Å². The van der Waals surface area contributed by atoms with E-state index in [-0.39, 0.29) is 29.7 Å². The maximum Gasteiger partial charge on any atom is 0.337 e. The summed E-state index contributed by atoms with van der Waals surface area (Å²) in [6.45, 7) is 6.71. The first-order valence-corrected chi connectivity index (χ1v) is 7.98. The molecule has 0 aliphatic carbocycles. The second-order valence-electron chi connectivity index (χ2n) is 6.98. The highest BCUT2D eigenvalue weighted by atomic mass is 16.5. The number of likely N-dealkylation sites (tertiary alicyclic amines) is 1. The maximum atomic E-state index is 12.3. The monoisotopic (exact) mass is 332 g/mol. The molecule has 1 aromatic rings. The number of esters is 1. The Labute approximate surface area is 142 Å². The van der Waals surface area contributed by atoms with Crippen molar-refractivity contribution in [2.45, 2.75) is 39.3 Å². The van der Waals surface area contributed by atoms with E-state index in [1.165, 1.54) is 7.11 Å². The average Bonchev–Trinajstić information content (AvgIpc) is 2.94. The molecule has 1 saturated heterocycles. The van der Waals surface area contributed by atoms with Gasteiger partial charge in [0.2, 0.25) is 11.8 Å². The van der Waals surface area contributed by atoms with Crippen LogP contribution in [-0.4, -0.2) is 41.9 Å². The summed E-state index contributed by atoms with van der Waals surface area (Å²) in [6.07, 6.45) is 0.254. The predicted octanol–water partition coefficient (Wildman–Crippen LogP) is 1.74. The van der Waals surface area contributed by atoms with Crippen molar-refractivity contribution in [2.75, 3.05) is 13.7 Å². The summed E-state index contributed by atoms with van der Waals surface area (Å²) in [7, 11) is 1.33. The number of amides is 2. The molecule has 1 aromatic carbocycles. The molecule has 1 N–H and O–H groups in total. The van der Waals surface area contributed by atoms with Crippen LogP contribution in [-0.2, 0) is 20.9 Å². The molecule has 1 fully saturated rings. The Hall–Kier alpha value is -2.37. The van der Waals surface area contributed by atoms with E-state index >= 15 is 0 Å². The molecule has 1 aliphatic rings. The third-order valence-electron chi connectivity index (χ3n) is 4.15. The van der Waals surface area contributed by atoms with Crippen LogP contribution in [0.1, 0.15) is 43.1 Å². The van der Waals surface area contributed by atoms with Gasteiger partial charge in [0.15, 0.2) is 0 Å². The van der Waals surface area contributed by atoms with Crippen LogP contribution in [0.15, 0.2) is 24.3 Å². The molecule has 0 spiro atoms. The van der Waals surface area contributed by atoms with Gasteiger partial charge < -0.3 is 15.0 Å². The fourth-order valence-corrected chi connectivity index (χ4v) is 2.74. The van der Waals surface area contributed by atoms with Crippen LogP contribution in [0.5, 0.6) is 0 Å². The van der Waals surface area contributed by atoms with Crippen LogP contribution in [0.3, 0.4) is 0 Å². The van der Waals surface area contributed by atoms with Crippen LogP contribution >= 0.6 is 0 Å². The van der Waals surface area contributed by atoms with Gasteiger partial charge >= 0.3 is 5.97 Å². The molecule has 1 unspecified atom stereocenters. The highest BCUT2D eigenvalue weighted by molar-refractivity contribution is 5.90. The molecule has 24 heavy (non-hydrogen) atoms.